The van der Waals surface area contributed by atoms with Crippen LogP contribution in [0, 0.1) is 0 Å². The molecule has 1 aromatic heterocycles. The number of carboxylic acids is 1. The smallest absolute Gasteiger partial charge is 0.328 e. The van der Waals surface area contributed by atoms with Gasteiger partial charge in [-0.2, -0.15) is 0 Å². The van der Waals surface area contributed by atoms with Crippen LogP contribution >= 0.6 is 0 Å². The number of benzene rings is 1. The molecule has 5 nitrogen and oxygen atoms in total. The molecule has 0 aliphatic heterocycles. The Morgan fingerprint density at radius 3 is 2.80 bits per heavy atom. The number of nitrogens with zero attached hydrogens (tertiary/aromatic N) is 1. The minimum atomic E-state index is -1.03. The average molecular weight is 271 g/mol. The fourth-order valence-corrected chi connectivity index (χ4v) is 1.55. The molecule has 0 aliphatic carbocycles. The van der Waals surface area contributed by atoms with Gasteiger partial charge in [-0.15, -0.1) is 0 Å². The van der Waals surface area contributed by atoms with Crippen molar-refractivity contribution in [3.05, 3.63) is 54.2 Å². The maximum atomic E-state index is 10.6. The molecule has 0 spiro atoms. The predicted octanol–water partition coefficient (Wildman–Crippen LogP) is 2.98. The number of rotatable bonds is 5. The largest absolute Gasteiger partial charge is 0.497 e. The summed E-state index contributed by atoms with van der Waals surface area (Å²) < 4.78 is 10.8. The van der Waals surface area contributed by atoms with Gasteiger partial charge in [-0.3, -0.25) is 0 Å². The second-order valence-corrected chi connectivity index (χ2v) is 3.85. The van der Waals surface area contributed by atoms with Crippen LogP contribution in [0.5, 0.6) is 17.4 Å². The molecule has 0 fully saturated rings. The summed E-state index contributed by atoms with van der Waals surface area (Å²) in [5.41, 5.74) is 0.581. The predicted molar refractivity (Wildman–Crippen MR) is 74.0 cm³/mol. The molecule has 102 valence electrons. The molecular weight excluding hydrogens is 258 g/mol. The van der Waals surface area contributed by atoms with E-state index in [0.29, 0.717) is 22.9 Å². The van der Waals surface area contributed by atoms with E-state index in [1.807, 2.05) is 0 Å². The second-order valence-electron chi connectivity index (χ2n) is 3.85. The van der Waals surface area contributed by atoms with Gasteiger partial charge in [0.15, 0.2) is 0 Å². The maximum Gasteiger partial charge on any atom is 0.328 e. The summed E-state index contributed by atoms with van der Waals surface area (Å²) >= 11 is 0. The number of ether oxygens (including phenoxy) is 2. The second kappa shape index (κ2) is 6.38. The zero-order chi connectivity index (χ0) is 14.4. The standard InChI is InChI=1S/C15H13NO4/c1-19-12-5-2-6-13(10-12)20-15-11(4-3-9-16-15)7-8-14(17)18/h2-10H,1H3,(H,17,18)/b8-7+. The number of hydrogen-bond acceptors (Lipinski definition) is 4. The Morgan fingerprint density at radius 1 is 1.25 bits per heavy atom. The van der Waals surface area contributed by atoms with Crippen molar-refractivity contribution in [2.45, 2.75) is 0 Å². The molecule has 20 heavy (non-hydrogen) atoms. The fourth-order valence-electron chi connectivity index (χ4n) is 1.55. The normalized spacial score (nSPS) is 10.4. The van der Waals surface area contributed by atoms with Gasteiger partial charge in [0.05, 0.1) is 7.11 Å². The van der Waals surface area contributed by atoms with Crippen LogP contribution in [0.2, 0.25) is 0 Å². The van der Waals surface area contributed by atoms with E-state index < -0.39 is 5.97 Å². The molecule has 0 unspecified atom stereocenters. The van der Waals surface area contributed by atoms with Crippen LogP contribution in [-0.4, -0.2) is 23.2 Å². The summed E-state index contributed by atoms with van der Waals surface area (Å²) in [6, 6.07) is 10.5. The molecule has 0 radical (unpaired) electrons. The molecule has 1 heterocycles. The Balaban J connectivity index is 2.26. The number of aliphatic carboxylic acids is 1. The van der Waals surface area contributed by atoms with E-state index in [9.17, 15) is 4.79 Å². The van der Waals surface area contributed by atoms with E-state index in [4.69, 9.17) is 14.6 Å². The molecule has 0 amide bonds. The van der Waals surface area contributed by atoms with Crippen molar-refractivity contribution in [1.29, 1.82) is 0 Å². The molecule has 0 saturated carbocycles. The number of hydrogen-bond donors (Lipinski definition) is 1. The lowest BCUT2D eigenvalue weighted by Gasteiger charge is -2.08. The fraction of sp³-hybridized carbons (Fsp3) is 0.0667. The zero-order valence-corrected chi connectivity index (χ0v) is 10.8. The first-order valence-electron chi connectivity index (χ1n) is 5.87. The molecule has 0 aliphatic rings. The van der Waals surface area contributed by atoms with Crippen molar-refractivity contribution in [3.8, 4) is 17.4 Å². The van der Waals surface area contributed by atoms with E-state index in [1.54, 1.807) is 49.7 Å². The molecule has 0 saturated heterocycles. The Morgan fingerprint density at radius 2 is 2.05 bits per heavy atom. The lowest BCUT2D eigenvalue weighted by atomic mass is 10.2. The van der Waals surface area contributed by atoms with Gasteiger partial charge >= 0.3 is 5.97 Å². The van der Waals surface area contributed by atoms with Gasteiger partial charge in [-0.1, -0.05) is 6.07 Å². The highest BCUT2D eigenvalue weighted by Gasteiger charge is 2.05. The minimum Gasteiger partial charge on any atom is -0.497 e. The van der Waals surface area contributed by atoms with E-state index >= 15 is 0 Å². The lowest BCUT2D eigenvalue weighted by molar-refractivity contribution is -0.131. The van der Waals surface area contributed by atoms with Gasteiger partial charge in [0.2, 0.25) is 5.88 Å². The lowest BCUT2D eigenvalue weighted by Crippen LogP contribution is -1.92. The van der Waals surface area contributed by atoms with Crippen LogP contribution in [0.25, 0.3) is 6.08 Å². The van der Waals surface area contributed by atoms with Gasteiger partial charge in [-0.05, 0) is 30.3 Å². The van der Waals surface area contributed by atoms with Crippen molar-refractivity contribution < 1.29 is 19.4 Å². The topological polar surface area (TPSA) is 68.7 Å². The summed E-state index contributed by atoms with van der Waals surface area (Å²) in [5, 5.41) is 8.66. The molecule has 2 rings (SSSR count). The third-order valence-electron chi connectivity index (χ3n) is 2.46. The number of carbonyl (C=O) groups is 1. The average Bonchev–Trinajstić information content (AvgIpc) is 2.46. The van der Waals surface area contributed by atoms with Crippen molar-refractivity contribution in [2.24, 2.45) is 0 Å². The number of aromatic nitrogens is 1. The van der Waals surface area contributed by atoms with Gasteiger partial charge in [0, 0.05) is 23.9 Å². The van der Waals surface area contributed by atoms with Crippen molar-refractivity contribution in [3.63, 3.8) is 0 Å². The summed E-state index contributed by atoms with van der Waals surface area (Å²) in [5.74, 6) is 0.536. The minimum absolute atomic E-state index is 0.332. The first kappa shape index (κ1) is 13.6. The highest BCUT2D eigenvalue weighted by atomic mass is 16.5. The van der Waals surface area contributed by atoms with Gasteiger partial charge in [0.1, 0.15) is 11.5 Å². The first-order valence-corrected chi connectivity index (χ1v) is 5.87. The monoisotopic (exact) mass is 271 g/mol. The highest BCUT2D eigenvalue weighted by Crippen LogP contribution is 2.26. The zero-order valence-electron chi connectivity index (χ0n) is 10.8. The van der Waals surface area contributed by atoms with Crippen LogP contribution in [0.1, 0.15) is 5.56 Å². The summed E-state index contributed by atoms with van der Waals surface area (Å²) in [6.07, 6.45) is 4.05. The molecule has 2 aromatic rings. The molecule has 1 N–H and O–H groups in total. The quantitative estimate of drug-likeness (QED) is 0.847. The van der Waals surface area contributed by atoms with Crippen LogP contribution < -0.4 is 9.47 Å². The SMILES string of the molecule is COc1cccc(Oc2ncccc2/C=C/C(=O)O)c1. The van der Waals surface area contributed by atoms with Crippen molar-refractivity contribution >= 4 is 12.0 Å². The van der Waals surface area contributed by atoms with Gasteiger partial charge < -0.3 is 14.6 Å². The van der Waals surface area contributed by atoms with E-state index in [1.165, 1.54) is 6.08 Å². The number of carboxylic acid groups (broad SMARTS) is 1. The van der Waals surface area contributed by atoms with E-state index in [0.717, 1.165) is 6.08 Å². The van der Waals surface area contributed by atoms with E-state index in [-0.39, 0.29) is 0 Å². The molecule has 1 aromatic carbocycles. The third kappa shape index (κ3) is 3.58. The molecular formula is C15H13NO4. The number of pyridine rings is 1. The van der Waals surface area contributed by atoms with Crippen LogP contribution in [0.3, 0.4) is 0 Å². The summed E-state index contributed by atoms with van der Waals surface area (Å²) in [4.78, 5) is 14.7. The molecule has 0 bridgehead atoms. The Bertz CT molecular complexity index is 637. The summed E-state index contributed by atoms with van der Waals surface area (Å²) in [7, 11) is 1.57. The van der Waals surface area contributed by atoms with Gasteiger partial charge in [-0.25, -0.2) is 9.78 Å². The Kier molecular flexibility index (Phi) is 4.34. The van der Waals surface area contributed by atoms with Crippen molar-refractivity contribution in [2.75, 3.05) is 7.11 Å². The molecule has 0 atom stereocenters. The Labute approximate surface area is 116 Å². The van der Waals surface area contributed by atoms with Crippen LogP contribution in [0.15, 0.2) is 48.7 Å². The molecule has 5 heteroatoms. The first-order chi connectivity index (χ1) is 9.69. The van der Waals surface area contributed by atoms with E-state index in [2.05, 4.69) is 4.98 Å². The van der Waals surface area contributed by atoms with Crippen LogP contribution in [0.4, 0.5) is 0 Å². The number of methoxy groups -OCH3 is 1. The Hall–Kier alpha value is -2.82. The maximum absolute atomic E-state index is 10.6. The van der Waals surface area contributed by atoms with Gasteiger partial charge in [0.25, 0.3) is 0 Å². The summed E-state index contributed by atoms with van der Waals surface area (Å²) in [6.45, 7) is 0. The highest BCUT2D eigenvalue weighted by molar-refractivity contribution is 5.85. The van der Waals surface area contributed by atoms with Crippen molar-refractivity contribution in [1.82, 2.24) is 4.98 Å². The third-order valence-corrected chi connectivity index (χ3v) is 2.46. The van der Waals surface area contributed by atoms with Crippen LogP contribution in [-0.2, 0) is 4.79 Å².